The van der Waals surface area contributed by atoms with Crippen LogP contribution in [0.2, 0.25) is 0 Å². The first kappa shape index (κ1) is 25.1. The Morgan fingerprint density at radius 2 is 1.68 bits per heavy atom. The summed E-state index contributed by atoms with van der Waals surface area (Å²) in [6.45, 7) is 14.9. The van der Waals surface area contributed by atoms with Crippen LogP contribution in [0.4, 0.5) is 0 Å². The number of hydrogen-bond donors (Lipinski definition) is 2. The summed E-state index contributed by atoms with van der Waals surface area (Å²) in [6, 6.07) is 0. The van der Waals surface area contributed by atoms with Gasteiger partial charge in [0.15, 0.2) is 11.6 Å². The van der Waals surface area contributed by atoms with Crippen molar-refractivity contribution in [3.63, 3.8) is 0 Å². The van der Waals surface area contributed by atoms with Crippen molar-refractivity contribution in [1.29, 1.82) is 0 Å². The Labute approximate surface area is 186 Å². The van der Waals surface area contributed by atoms with E-state index in [4.69, 9.17) is 4.74 Å². The quantitative estimate of drug-likeness (QED) is 0.392. The van der Waals surface area contributed by atoms with Gasteiger partial charge in [-0.2, -0.15) is 0 Å². The van der Waals surface area contributed by atoms with E-state index >= 15 is 0 Å². The number of carbonyl (C=O) groups excluding carboxylic acids is 2. The molecule has 5 nitrogen and oxygen atoms in total. The Hall–Kier alpha value is -2.14. The van der Waals surface area contributed by atoms with Crippen LogP contribution in [0.1, 0.15) is 81.1 Å². The summed E-state index contributed by atoms with van der Waals surface area (Å²) in [5, 5.41) is 22.0. The summed E-state index contributed by atoms with van der Waals surface area (Å²) in [6.07, 6.45) is 4.30. The van der Waals surface area contributed by atoms with Gasteiger partial charge in [0.25, 0.3) is 0 Å². The van der Waals surface area contributed by atoms with E-state index in [-0.39, 0.29) is 47.4 Å². The molecule has 0 bridgehead atoms. The molecule has 0 saturated carbocycles. The first-order valence-electron chi connectivity index (χ1n) is 11.1. The molecule has 0 aromatic carbocycles. The maximum absolute atomic E-state index is 13.9. The predicted molar refractivity (Wildman–Crippen MR) is 122 cm³/mol. The lowest BCUT2D eigenvalue weighted by molar-refractivity contribution is -0.128. The van der Waals surface area contributed by atoms with Crippen LogP contribution in [0.5, 0.6) is 0 Å². The van der Waals surface area contributed by atoms with Gasteiger partial charge in [-0.25, -0.2) is 0 Å². The van der Waals surface area contributed by atoms with Crippen molar-refractivity contribution in [1.82, 2.24) is 0 Å². The Morgan fingerprint density at radius 3 is 2.10 bits per heavy atom. The van der Waals surface area contributed by atoms with Gasteiger partial charge in [0.2, 0.25) is 0 Å². The molecule has 0 aromatic heterocycles. The van der Waals surface area contributed by atoms with E-state index in [0.717, 1.165) is 11.1 Å². The van der Waals surface area contributed by atoms with Crippen molar-refractivity contribution >= 4 is 11.6 Å². The minimum absolute atomic E-state index is 0.0321. The number of aliphatic hydroxyl groups excluding tert-OH is 1. The fourth-order valence-corrected chi connectivity index (χ4v) is 4.02. The first-order chi connectivity index (χ1) is 14.2. The summed E-state index contributed by atoms with van der Waals surface area (Å²) in [5.74, 6) is -0.454. The Morgan fingerprint density at radius 1 is 1.16 bits per heavy atom. The maximum Gasteiger partial charge on any atom is 0.184 e. The third kappa shape index (κ3) is 5.20. The van der Waals surface area contributed by atoms with E-state index in [1.807, 2.05) is 53.7 Å². The highest BCUT2D eigenvalue weighted by Crippen LogP contribution is 2.51. The highest BCUT2D eigenvalue weighted by molar-refractivity contribution is 6.24. The second-order valence-corrected chi connectivity index (χ2v) is 10.4. The van der Waals surface area contributed by atoms with Crippen molar-refractivity contribution < 1.29 is 24.5 Å². The summed E-state index contributed by atoms with van der Waals surface area (Å²) < 4.78 is 5.97. The molecule has 2 aliphatic rings. The van der Waals surface area contributed by atoms with Crippen molar-refractivity contribution in [2.45, 2.75) is 92.8 Å². The molecular weight excluding hydrogens is 392 g/mol. The van der Waals surface area contributed by atoms with E-state index in [2.05, 4.69) is 0 Å². The van der Waals surface area contributed by atoms with Crippen LogP contribution < -0.4 is 0 Å². The van der Waals surface area contributed by atoms with E-state index in [1.165, 1.54) is 0 Å². The zero-order chi connectivity index (χ0) is 23.7. The van der Waals surface area contributed by atoms with Crippen molar-refractivity contribution in [2.24, 2.45) is 11.3 Å². The largest absolute Gasteiger partial charge is 0.511 e. The zero-order valence-electron chi connectivity index (χ0n) is 20.3. The van der Waals surface area contributed by atoms with Crippen molar-refractivity contribution in [3.8, 4) is 0 Å². The fraction of sp³-hybridized carbons (Fsp3) is 0.615. The lowest BCUT2D eigenvalue weighted by atomic mass is 9.66. The molecule has 0 aromatic rings. The van der Waals surface area contributed by atoms with Crippen molar-refractivity contribution in [3.05, 3.63) is 46.0 Å². The zero-order valence-corrected chi connectivity index (χ0v) is 20.3. The van der Waals surface area contributed by atoms with Crippen molar-refractivity contribution in [2.75, 3.05) is 0 Å². The van der Waals surface area contributed by atoms with Crippen LogP contribution in [-0.2, 0) is 14.3 Å². The number of Topliss-reactive ketones (excluding diaryl/α,β-unsaturated/α-hetero) is 2. The van der Waals surface area contributed by atoms with Gasteiger partial charge < -0.3 is 14.9 Å². The van der Waals surface area contributed by atoms with Crippen LogP contribution in [0, 0.1) is 11.3 Å². The van der Waals surface area contributed by atoms with E-state index in [1.54, 1.807) is 13.8 Å². The standard InChI is InChI=1S/C26H38O5/c1-15(2)9-11-26(12-10-16(3)4)23(28)18-14-20(25(7,8)30)31-22(18)21(24(26)29)19(27)13-17(5)6/h9-10,17,20,28,30H,11-14H2,1-8H3/t20-/m1/s1. The summed E-state index contributed by atoms with van der Waals surface area (Å²) in [4.78, 5) is 27.2. The average Bonchev–Trinajstić information content (AvgIpc) is 3.05. The molecule has 1 aliphatic heterocycles. The predicted octanol–water partition coefficient (Wildman–Crippen LogP) is 5.51. The van der Waals surface area contributed by atoms with Gasteiger partial charge in [-0.1, -0.05) is 37.1 Å². The summed E-state index contributed by atoms with van der Waals surface area (Å²) in [7, 11) is 0. The van der Waals surface area contributed by atoms with Crippen LogP contribution in [0.25, 0.3) is 0 Å². The van der Waals surface area contributed by atoms with Gasteiger partial charge in [-0.15, -0.1) is 0 Å². The molecule has 1 atom stereocenters. The van der Waals surface area contributed by atoms with Crippen LogP contribution in [-0.4, -0.2) is 33.5 Å². The molecule has 172 valence electrons. The lowest BCUT2D eigenvalue weighted by Crippen LogP contribution is -2.40. The van der Waals surface area contributed by atoms with Gasteiger partial charge in [0, 0.05) is 18.4 Å². The van der Waals surface area contributed by atoms with Crippen LogP contribution in [0.15, 0.2) is 46.0 Å². The number of carbonyl (C=O) groups is 2. The van der Waals surface area contributed by atoms with Gasteiger partial charge in [-0.05, 0) is 60.3 Å². The Bertz CT molecular complexity index is 846. The highest BCUT2D eigenvalue weighted by Gasteiger charge is 2.54. The molecule has 1 saturated heterocycles. The number of fused-ring (bicyclic) bond motifs is 1. The monoisotopic (exact) mass is 430 g/mol. The maximum atomic E-state index is 13.9. The third-order valence-electron chi connectivity index (χ3n) is 5.93. The fourth-order valence-electron chi connectivity index (χ4n) is 4.02. The number of hydrogen-bond acceptors (Lipinski definition) is 5. The molecule has 0 spiro atoms. The Balaban J connectivity index is 2.76. The molecule has 2 rings (SSSR count). The van der Waals surface area contributed by atoms with Crippen LogP contribution in [0.3, 0.4) is 0 Å². The third-order valence-corrected chi connectivity index (χ3v) is 5.93. The van der Waals surface area contributed by atoms with Gasteiger partial charge in [0.05, 0.1) is 11.0 Å². The van der Waals surface area contributed by atoms with Gasteiger partial charge in [-0.3, -0.25) is 9.59 Å². The molecule has 2 N–H and O–H groups in total. The molecule has 0 amide bonds. The van der Waals surface area contributed by atoms with E-state index < -0.39 is 17.1 Å². The number of ketones is 2. The van der Waals surface area contributed by atoms with E-state index in [0.29, 0.717) is 18.4 Å². The first-order valence-corrected chi connectivity index (χ1v) is 11.1. The molecule has 31 heavy (non-hydrogen) atoms. The molecule has 1 heterocycles. The Kier molecular flexibility index (Phi) is 7.42. The molecule has 1 aliphatic carbocycles. The second kappa shape index (κ2) is 9.15. The number of ether oxygens (including phenoxy) is 1. The second-order valence-electron chi connectivity index (χ2n) is 10.4. The molecular formula is C26H38O5. The lowest BCUT2D eigenvalue weighted by Gasteiger charge is -2.35. The topological polar surface area (TPSA) is 83.8 Å². The molecule has 0 unspecified atom stereocenters. The summed E-state index contributed by atoms with van der Waals surface area (Å²) >= 11 is 0. The van der Waals surface area contributed by atoms with Gasteiger partial charge in [0.1, 0.15) is 23.2 Å². The normalized spacial score (nSPS) is 20.6. The molecule has 5 heteroatoms. The van der Waals surface area contributed by atoms with Crippen LogP contribution >= 0.6 is 0 Å². The SMILES string of the molecule is CC(C)=CCC1(CC=C(C)C)C(=O)C(C(=O)CC(C)C)=C2O[C@@H](C(C)(C)O)CC2=C1O. The average molecular weight is 431 g/mol. The minimum Gasteiger partial charge on any atom is -0.511 e. The van der Waals surface area contributed by atoms with Gasteiger partial charge >= 0.3 is 0 Å². The number of allylic oxidation sites excluding steroid dienone is 7. The smallest absolute Gasteiger partial charge is 0.184 e. The number of rotatable bonds is 8. The number of aliphatic hydroxyl groups is 2. The summed E-state index contributed by atoms with van der Waals surface area (Å²) in [5.41, 5.74) is 0.150. The highest BCUT2D eigenvalue weighted by atomic mass is 16.5. The van der Waals surface area contributed by atoms with E-state index in [9.17, 15) is 19.8 Å². The molecule has 0 radical (unpaired) electrons. The molecule has 1 fully saturated rings. The minimum atomic E-state index is -1.24.